The van der Waals surface area contributed by atoms with E-state index in [4.69, 9.17) is 11.6 Å². The van der Waals surface area contributed by atoms with Crippen LogP contribution in [0.15, 0.2) is 48.5 Å². The molecule has 0 spiro atoms. The Balaban J connectivity index is 0.00000161. The number of imidazole rings is 1. The van der Waals surface area contributed by atoms with E-state index in [0.29, 0.717) is 11.6 Å². The van der Waals surface area contributed by atoms with Gasteiger partial charge in [0.15, 0.2) is 11.0 Å². The van der Waals surface area contributed by atoms with E-state index in [2.05, 4.69) is 28.2 Å². The van der Waals surface area contributed by atoms with Crippen molar-refractivity contribution in [2.45, 2.75) is 13.5 Å². The molecule has 3 rings (SSSR count). The summed E-state index contributed by atoms with van der Waals surface area (Å²) in [6, 6.07) is 16.0. The number of para-hydroxylation sites is 1. The lowest BCUT2D eigenvalue weighted by molar-refractivity contribution is -0.679. The fourth-order valence-corrected chi connectivity index (χ4v) is 2.82. The summed E-state index contributed by atoms with van der Waals surface area (Å²) in [5, 5.41) is 9.99. The van der Waals surface area contributed by atoms with Gasteiger partial charge in [-0.1, -0.05) is 29.8 Å². The highest BCUT2D eigenvalue weighted by molar-refractivity contribution is 6.31. The predicted molar refractivity (Wildman–Crippen MR) is 80.3 cm³/mol. The number of aliphatic hydroxyl groups excluding tert-OH is 1. The minimum Gasteiger partial charge on any atom is -1.00 e. The van der Waals surface area contributed by atoms with Gasteiger partial charge >= 0.3 is 0 Å². The standard InChI is InChI=1S/C16H16ClN2O.HI/c1-12-18(9-10-20)16-11-13(17)7-8-15(16)19(12)14-5-3-2-4-6-14;/h2-8,11,20H,9-10H2,1H3;1H/q+1;/p-1. The molecule has 1 N–H and O–H groups in total. The van der Waals surface area contributed by atoms with Crippen LogP contribution in [-0.4, -0.2) is 16.3 Å². The maximum absolute atomic E-state index is 9.29. The Morgan fingerprint density at radius 1 is 1.14 bits per heavy atom. The Labute approximate surface area is 145 Å². The van der Waals surface area contributed by atoms with Gasteiger partial charge in [-0.15, -0.1) is 0 Å². The first-order valence-corrected chi connectivity index (χ1v) is 6.97. The highest BCUT2D eigenvalue weighted by atomic mass is 127. The first-order valence-electron chi connectivity index (χ1n) is 6.59. The summed E-state index contributed by atoms with van der Waals surface area (Å²) in [5.74, 6) is 1.07. The number of aromatic nitrogens is 2. The lowest BCUT2D eigenvalue weighted by Gasteiger charge is -1.99. The minimum atomic E-state index is 0. The molecule has 3 aromatic rings. The van der Waals surface area contributed by atoms with E-state index in [-0.39, 0.29) is 30.6 Å². The van der Waals surface area contributed by atoms with E-state index in [1.165, 1.54) is 0 Å². The number of halogens is 2. The van der Waals surface area contributed by atoms with Crippen LogP contribution in [0.2, 0.25) is 5.02 Å². The number of hydrogen-bond acceptors (Lipinski definition) is 1. The molecule has 0 atom stereocenters. The fourth-order valence-electron chi connectivity index (χ4n) is 2.66. The van der Waals surface area contributed by atoms with Crippen molar-refractivity contribution in [1.82, 2.24) is 4.57 Å². The molecular formula is C16H16ClIN2O. The van der Waals surface area contributed by atoms with Crippen LogP contribution in [0.25, 0.3) is 16.7 Å². The van der Waals surface area contributed by atoms with E-state index in [1.54, 1.807) is 0 Å². The van der Waals surface area contributed by atoms with Crippen molar-refractivity contribution < 1.29 is 33.7 Å². The van der Waals surface area contributed by atoms with Crippen LogP contribution in [0, 0.1) is 6.92 Å². The number of hydrogen-bond donors (Lipinski definition) is 1. The van der Waals surface area contributed by atoms with Gasteiger partial charge in [0, 0.05) is 18.0 Å². The molecule has 0 fully saturated rings. The summed E-state index contributed by atoms with van der Waals surface area (Å²) in [5.41, 5.74) is 3.23. The third kappa shape index (κ3) is 2.93. The number of rotatable bonds is 3. The monoisotopic (exact) mass is 414 g/mol. The van der Waals surface area contributed by atoms with Crippen molar-refractivity contribution in [1.29, 1.82) is 0 Å². The molecule has 0 radical (unpaired) electrons. The molecular weight excluding hydrogens is 399 g/mol. The molecule has 0 unspecified atom stereocenters. The lowest BCUT2D eigenvalue weighted by atomic mass is 10.3. The molecule has 5 heteroatoms. The molecule has 0 bridgehead atoms. The van der Waals surface area contributed by atoms with E-state index in [1.807, 2.05) is 36.4 Å². The first-order chi connectivity index (χ1) is 9.72. The van der Waals surface area contributed by atoms with Gasteiger partial charge in [0.25, 0.3) is 5.82 Å². The van der Waals surface area contributed by atoms with Crippen molar-refractivity contribution in [2.24, 2.45) is 0 Å². The Morgan fingerprint density at radius 3 is 2.52 bits per heavy atom. The molecule has 0 saturated carbocycles. The van der Waals surface area contributed by atoms with Crippen LogP contribution in [0.3, 0.4) is 0 Å². The van der Waals surface area contributed by atoms with Gasteiger partial charge in [-0.05, 0) is 24.3 Å². The normalized spacial score (nSPS) is 10.6. The third-order valence-corrected chi connectivity index (χ3v) is 3.76. The molecule has 0 amide bonds. The van der Waals surface area contributed by atoms with Crippen LogP contribution in [-0.2, 0) is 6.54 Å². The number of fused-ring (bicyclic) bond motifs is 1. The fraction of sp³-hybridized carbons (Fsp3) is 0.188. The van der Waals surface area contributed by atoms with Gasteiger partial charge in [-0.2, -0.15) is 4.57 Å². The van der Waals surface area contributed by atoms with Gasteiger partial charge in [0.05, 0.1) is 6.61 Å². The van der Waals surface area contributed by atoms with Crippen molar-refractivity contribution in [3.05, 3.63) is 59.4 Å². The average Bonchev–Trinajstić information content (AvgIpc) is 2.73. The largest absolute Gasteiger partial charge is 1.00 e. The third-order valence-electron chi connectivity index (χ3n) is 3.52. The number of aliphatic hydroxyl groups is 1. The van der Waals surface area contributed by atoms with Gasteiger partial charge < -0.3 is 29.1 Å². The Bertz CT molecular complexity index is 756. The maximum atomic E-state index is 9.29. The molecule has 110 valence electrons. The zero-order chi connectivity index (χ0) is 14.1. The summed E-state index contributed by atoms with van der Waals surface area (Å²) in [4.78, 5) is 0. The van der Waals surface area contributed by atoms with Crippen molar-refractivity contribution >= 4 is 22.6 Å². The molecule has 0 aliphatic heterocycles. The average molecular weight is 415 g/mol. The SMILES string of the molecule is Cc1n(-c2ccccc2)c2ccc(Cl)cc2[n+]1CCO.[I-]. The summed E-state index contributed by atoms with van der Waals surface area (Å²) < 4.78 is 4.27. The second kappa shape index (κ2) is 6.77. The minimum absolute atomic E-state index is 0. The van der Waals surface area contributed by atoms with E-state index >= 15 is 0 Å². The number of nitrogens with zero attached hydrogens (tertiary/aromatic N) is 2. The second-order valence-corrected chi connectivity index (χ2v) is 5.16. The zero-order valence-corrected chi connectivity index (χ0v) is 14.5. The summed E-state index contributed by atoms with van der Waals surface area (Å²) in [6.45, 7) is 2.71. The van der Waals surface area contributed by atoms with Gasteiger partial charge in [0.2, 0.25) is 0 Å². The van der Waals surface area contributed by atoms with E-state index < -0.39 is 0 Å². The Hall–Kier alpha value is -1.11. The molecule has 1 heterocycles. The van der Waals surface area contributed by atoms with Gasteiger partial charge in [-0.25, -0.2) is 4.57 Å². The summed E-state index contributed by atoms with van der Waals surface area (Å²) in [7, 11) is 0. The highest BCUT2D eigenvalue weighted by Crippen LogP contribution is 2.22. The maximum Gasteiger partial charge on any atom is 0.259 e. The second-order valence-electron chi connectivity index (χ2n) is 4.73. The molecule has 0 aliphatic rings. The molecule has 1 aromatic heterocycles. The number of benzene rings is 2. The quantitative estimate of drug-likeness (QED) is 0.470. The van der Waals surface area contributed by atoms with Crippen molar-refractivity contribution in [3.63, 3.8) is 0 Å². The van der Waals surface area contributed by atoms with Crippen LogP contribution in [0.1, 0.15) is 5.82 Å². The molecule has 3 nitrogen and oxygen atoms in total. The van der Waals surface area contributed by atoms with Gasteiger partial charge in [-0.3, -0.25) is 0 Å². The van der Waals surface area contributed by atoms with Crippen molar-refractivity contribution in [2.75, 3.05) is 6.61 Å². The Kier molecular flexibility index (Phi) is 5.24. The lowest BCUT2D eigenvalue weighted by Crippen LogP contribution is -3.00. The molecule has 0 aliphatic carbocycles. The summed E-state index contributed by atoms with van der Waals surface area (Å²) in [6.07, 6.45) is 0. The molecule has 0 saturated heterocycles. The highest BCUT2D eigenvalue weighted by Gasteiger charge is 2.22. The predicted octanol–water partition coefficient (Wildman–Crippen LogP) is -0.124. The van der Waals surface area contributed by atoms with E-state index in [9.17, 15) is 5.11 Å². The smallest absolute Gasteiger partial charge is 0.259 e. The van der Waals surface area contributed by atoms with Crippen LogP contribution in [0.5, 0.6) is 0 Å². The first kappa shape index (κ1) is 16.3. The van der Waals surface area contributed by atoms with Crippen LogP contribution in [0.4, 0.5) is 0 Å². The van der Waals surface area contributed by atoms with Crippen LogP contribution >= 0.6 is 11.6 Å². The van der Waals surface area contributed by atoms with E-state index in [0.717, 1.165) is 22.5 Å². The summed E-state index contributed by atoms with van der Waals surface area (Å²) >= 11 is 6.11. The van der Waals surface area contributed by atoms with Gasteiger partial charge in [0.1, 0.15) is 12.2 Å². The van der Waals surface area contributed by atoms with Crippen molar-refractivity contribution in [3.8, 4) is 5.69 Å². The zero-order valence-electron chi connectivity index (χ0n) is 11.6. The molecule has 2 aromatic carbocycles. The topological polar surface area (TPSA) is 29.0 Å². The Morgan fingerprint density at radius 2 is 1.86 bits per heavy atom. The molecule has 21 heavy (non-hydrogen) atoms. The van der Waals surface area contributed by atoms with Crippen LogP contribution < -0.4 is 28.5 Å².